The predicted octanol–water partition coefficient (Wildman–Crippen LogP) is 0.380. The standard InChI is InChI=1S/C10H13N3O2S/c1-10(2)9(15)13(8(14)5-12-10)6-7-11-3-4-16-7/h3-4,12H,5-6H2,1-2H3. The second-order valence-corrected chi connectivity index (χ2v) is 5.17. The number of imide groups is 1. The molecule has 1 N–H and O–H groups in total. The van der Waals surface area contributed by atoms with Gasteiger partial charge >= 0.3 is 0 Å². The first kappa shape index (κ1) is 11.2. The van der Waals surface area contributed by atoms with Crippen molar-refractivity contribution in [1.29, 1.82) is 0 Å². The maximum absolute atomic E-state index is 12.0. The smallest absolute Gasteiger partial charge is 0.249 e. The number of carbonyl (C=O) groups is 2. The summed E-state index contributed by atoms with van der Waals surface area (Å²) < 4.78 is 0. The number of rotatable bonds is 2. The molecule has 2 amide bonds. The summed E-state index contributed by atoms with van der Waals surface area (Å²) in [4.78, 5) is 29.0. The van der Waals surface area contributed by atoms with Gasteiger partial charge in [-0.2, -0.15) is 0 Å². The lowest BCUT2D eigenvalue weighted by Crippen LogP contribution is -2.63. The van der Waals surface area contributed by atoms with Gasteiger partial charge in [-0.3, -0.25) is 19.8 Å². The van der Waals surface area contributed by atoms with E-state index in [9.17, 15) is 9.59 Å². The van der Waals surface area contributed by atoms with Crippen LogP contribution in [-0.4, -0.2) is 33.8 Å². The van der Waals surface area contributed by atoms with E-state index in [-0.39, 0.29) is 24.9 Å². The minimum absolute atomic E-state index is 0.195. The molecule has 0 spiro atoms. The topological polar surface area (TPSA) is 62.3 Å². The van der Waals surface area contributed by atoms with Crippen LogP contribution < -0.4 is 5.32 Å². The van der Waals surface area contributed by atoms with Gasteiger partial charge in [0.25, 0.3) is 0 Å². The first-order valence-corrected chi connectivity index (χ1v) is 5.87. The van der Waals surface area contributed by atoms with Crippen LogP contribution in [0.15, 0.2) is 11.6 Å². The average molecular weight is 239 g/mol. The van der Waals surface area contributed by atoms with Crippen molar-refractivity contribution in [1.82, 2.24) is 15.2 Å². The second-order valence-electron chi connectivity index (χ2n) is 4.19. The third-order valence-electron chi connectivity index (χ3n) is 2.54. The molecule has 0 atom stereocenters. The van der Waals surface area contributed by atoms with Crippen LogP contribution in [0.3, 0.4) is 0 Å². The molecule has 2 rings (SSSR count). The maximum Gasteiger partial charge on any atom is 0.249 e. The molecule has 1 aliphatic heterocycles. The van der Waals surface area contributed by atoms with E-state index < -0.39 is 5.54 Å². The zero-order chi connectivity index (χ0) is 11.8. The molecule has 1 aliphatic rings. The molecule has 1 saturated heterocycles. The third-order valence-corrected chi connectivity index (χ3v) is 3.30. The van der Waals surface area contributed by atoms with Gasteiger partial charge in [0.1, 0.15) is 5.01 Å². The van der Waals surface area contributed by atoms with Gasteiger partial charge in [-0.05, 0) is 13.8 Å². The fourth-order valence-corrected chi connectivity index (χ4v) is 2.15. The van der Waals surface area contributed by atoms with Crippen LogP contribution >= 0.6 is 11.3 Å². The minimum atomic E-state index is -0.675. The highest BCUT2D eigenvalue weighted by Gasteiger charge is 2.39. The van der Waals surface area contributed by atoms with Gasteiger partial charge < -0.3 is 0 Å². The van der Waals surface area contributed by atoms with Crippen molar-refractivity contribution in [3.63, 3.8) is 0 Å². The SMILES string of the molecule is CC1(C)NCC(=O)N(Cc2nccs2)C1=O. The monoisotopic (exact) mass is 239 g/mol. The van der Waals surface area contributed by atoms with Gasteiger partial charge in [0.2, 0.25) is 11.8 Å². The highest BCUT2D eigenvalue weighted by atomic mass is 32.1. The number of thiazole rings is 1. The quantitative estimate of drug-likeness (QED) is 0.758. The first-order valence-electron chi connectivity index (χ1n) is 4.99. The number of nitrogens with zero attached hydrogens (tertiary/aromatic N) is 2. The molecule has 86 valence electrons. The Kier molecular flexibility index (Phi) is 2.77. The molecule has 1 aromatic heterocycles. The summed E-state index contributed by atoms with van der Waals surface area (Å²) in [5.74, 6) is -0.390. The average Bonchev–Trinajstić information content (AvgIpc) is 2.72. The van der Waals surface area contributed by atoms with Crippen molar-refractivity contribution >= 4 is 23.2 Å². The lowest BCUT2D eigenvalue weighted by molar-refractivity contribution is -0.153. The summed E-state index contributed by atoms with van der Waals surface area (Å²) in [6, 6.07) is 0. The first-order chi connectivity index (χ1) is 7.50. The van der Waals surface area contributed by atoms with Gasteiger partial charge in [-0.25, -0.2) is 4.98 Å². The summed E-state index contributed by atoms with van der Waals surface area (Å²) in [6.07, 6.45) is 1.67. The van der Waals surface area contributed by atoms with Crippen molar-refractivity contribution < 1.29 is 9.59 Å². The highest BCUT2D eigenvalue weighted by molar-refractivity contribution is 7.09. The Morgan fingerprint density at radius 1 is 1.56 bits per heavy atom. The van der Waals surface area contributed by atoms with E-state index in [1.807, 2.05) is 5.38 Å². The van der Waals surface area contributed by atoms with Crippen LogP contribution in [0.1, 0.15) is 18.9 Å². The van der Waals surface area contributed by atoms with E-state index in [4.69, 9.17) is 0 Å². The van der Waals surface area contributed by atoms with Crippen molar-refractivity contribution in [2.75, 3.05) is 6.54 Å². The lowest BCUT2D eigenvalue weighted by atomic mass is 10.0. The summed E-state index contributed by atoms with van der Waals surface area (Å²) in [5.41, 5.74) is -0.675. The van der Waals surface area contributed by atoms with E-state index in [0.29, 0.717) is 0 Å². The molecular formula is C10H13N3O2S. The summed E-state index contributed by atoms with van der Waals surface area (Å²) in [7, 11) is 0. The van der Waals surface area contributed by atoms with Crippen LogP contribution in [0.25, 0.3) is 0 Å². The number of carbonyl (C=O) groups excluding carboxylic acids is 2. The number of hydrogen-bond acceptors (Lipinski definition) is 5. The molecule has 2 heterocycles. The zero-order valence-corrected chi connectivity index (χ0v) is 10.0. The van der Waals surface area contributed by atoms with Crippen LogP contribution in [0.4, 0.5) is 0 Å². The summed E-state index contributed by atoms with van der Waals surface area (Å²) >= 11 is 1.44. The molecule has 1 fully saturated rings. The van der Waals surface area contributed by atoms with Crippen LogP contribution in [0.5, 0.6) is 0 Å². The molecule has 5 nitrogen and oxygen atoms in total. The van der Waals surface area contributed by atoms with Crippen molar-refractivity contribution in [3.8, 4) is 0 Å². The molecule has 1 aromatic rings. The van der Waals surface area contributed by atoms with Crippen molar-refractivity contribution in [2.24, 2.45) is 0 Å². The number of aromatic nitrogens is 1. The molecular weight excluding hydrogens is 226 g/mol. The highest BCUT2D eigenvalue weighted by Crippen LogP contribution is 2.17. The van der Waals surface area contributed by atoms with Gasteiger partial charge in [-0.15, -0.1) is 11.3 Å². The second kappa shape index (κ2) is 3.95. The van der Waals surface area contributed by atoms with Crippen LogP contribution in [0, 0.1) is 0 Å². The van der Waals surface area contributed by atoms with Gasteiger partial charge in [0.05, 0.1) is 18.6 Å². The molecule has 0 radical (unpaired) electrons. The van der Waals surface area contributed by atoms with Gasteiger partial charge in [0, 0.05) is 11.6 Å². The Morgan fingerprint density at radius 3 is 2.94 bits per heavy atom. The van der Waals surface area contributed by atoms with Gasteiger partial charge in [0.15, 0.2) is 0 Å². The Bertz CT molecular complexity index is 414. The number of amides is 2. The predicted molar refractivity (Wildman–Crippen MR) is 59.8 cm³/mol. The molecule has 0 bridgehead atoms. The van der Waals surface area contributed by atoms with E-state index in [2.05, 4.69) is 10.3 Å². The van der Waals surface area contributed by atoms with Gasteiger partial charge in [-0.1, -0.05) is 0 Å². The van der Waals surface area contributed by atoms with Crippen LogP contribution in [-0.2, 0) is 16.1 Å². The zero-order valence-electron chi connectivity index (χ0n) is 9.19. The Morgan fingerprint density at radius 2 is 2.31 bits per heavy atom. The lowest BCUT2D eigenvalue weighted by Gasteiger charge is -2.36. The van der Waals surface area contributed by atoms with E-state index in [0.717, 1.165) is 5.01 Å². The maximum atomic E-state index is 12.0. The van der Waals surface area contributed by atoms with Crippen LogP contribution in [0.2, 0.25) is 0 Å². The molecule has 0 aliphatic carbocycles. The fourth-order valence-electron chi connectivity index (χ4n) is 1.54. The van der Waals surface area contributed by atoms with E-state index >= 15 is 0 Å². The molecule has 16 heavy (non-hydrogen) atoms. The third kappa shape index (κ3) is 1.98. The van der Waals surface area contributed by atoms with E-state index in [1.54, 1.807) is 20.0 Å². The number of nitrogens with one attached hydrogen (secondary N) is 1. The Balaban J connectivity index is 2.18. The van der Waals surface area contributed by atoms with Crippen molar-refractivity contribution in [2.45, 2.75) is 25.9 Å². The normalized spacial score (nSPS) is 20.2. The minimum Gasteiger partial charge on any atom is -0.295 e. The fraction of sp³-hybridized carbons (Fsp3) is 0.500. The Labute approximate surface area is 97.5 Å². The number of piperazine rings is 1. The largest absolute Gasteiger partial charge is 0.295 e. The molecule has 0 aromatic carbocycles. The molecule has 0 saturated carbocycles. The Hall–Kier alpha value is -1.27. The molecule has 6 heteroatoms. The summed E-state index contributed by atoms with van der Waals surface area (Å²) in [5, 5.41) is 5.52. The molecule has 0 unspecified atom stereocenters. The summed E-state index contributed by atoms with van der Waals surface area (Å²) in [6.45, 7) is 4.03. The van der Waals surface area contributed by atoms with E-state index in [1.165, 1.54) is 16.2 Å². The number of hydrogen-bond donors (Lipinski definition) is 1. The van der Waals surface area contributed by atoms with Crippen molar-refractivity contribution in [3.05, 3.63) is 16.6 Å².